The van der Waals surface area contributed by atoms with Crippen LogP contribution in [-0.4, -0.2) is 35.0 Å². The molecular weight excluding hydrogens is 288 g/mol. The molecule has 0 bridgehead atoms. The average molecular weight is 310 g/mol. The van der Waals surface area contributed by atoms with Gasteiger partial charge in [0.1, 0.15) is 5.60 Å². The van der Waals surface area contributed by atoms with Gasteiger partial charge in [-0.15, -0.1) is 0 Å². The van der Waals surface area contributed by atoms with Crippen molar-refractivity contribution in [3.05, 3.63) is 35.5 Å². The quantitative estimate of drug-likeness (QED) is 0.812. The summed E-state index contributed by atoms with van der Waals surface area (Å²) in [5.74, 6) is 0.337. The van der Waals surface area contributed by atoms with Gasteiger partial charge in [0, 0.05) is 36.3 Å². The monoisotopic (exact) mass is 310 g/mol. The Balaban J connectivity index is 1.58. The van der Waals surface area contributed by atoms with Crippen molar-refractivity contribution in [1.29, 1.82) is 0 Å². The number of rotatable bonds is 0. The first-order valence-electron chi connectivity index (χ1n) is 8.80. The van der Waals surface area contributed by atoms with E-state index in [0.717, 1.165) is 51.7 Å². The lowest BCUT2D eigenvalue weighted by atomic mass is 9.77. The molecule has 2 saturated heterocycles. The summed E-state index contributed by atoms with van der Waals surface area (Å²) in [7, 11) is 0. The molecule has 1 aromatic heterocycles. The van der Waals surface area contributed by atoms with Crippen LogP contribution in [-0.2, 0) is 21.6 Å². The summed E-state index contributed by atoms with van der Waals surface area (Å²) in [6.07, 6.45) is 5.70. The van der Waals surface area contributed by atoms with Crippen molar-refractivity contribution in [2.75, 3.05) is 13.2 Å². The maximum absolute atomic E-state index is 12.2. The molecule has 2 fully saturated rings. The molecule has 1 amide bonds. The second-order valence-electron chi connectivity index (χ2n) is 7.20. The predicted molar refractivity (Wildman–Crippen MR) is 88.2 cm³/mol. The van der Waals surface area contributed by atoms with Crippen molar-refractivity contribution in [1.82, 2.24) is 9.88 Å². The Morgan fingerprint density at radius 1 is 1.26 bits per heavy atom. The third-order valence-corrected chi connectivity index (χ3v) is 6.01. The Morgan fingerprint density at radius 3 is 3.13 bits per heavy atom. The number of amides is 1. The highest BCUT2D eigenvalue weighted by molar-refractivity contribution is 5.85. The summed E-state index contributed by atoms with van der Waals surface area (Å²) in [6.45, 7) is 1.62. The average Bonchev–Trinajstić information content (AvgIpc) is 2.96. The van der Waals surface area contributed by atoms with Gasteiger partial charge in [-0.2, -0.15) is 0 Å². The molecule has 1 aromatic carbocycles. The zero-order valence-corrected chi connectivity index (χ0v) is 13.3. The SMILES string of the molecule is O=C1CCCC2CC3(CCN12)OCCc1c3[nH]c2ccccc12. The molecule has 2 atom stereocenters. The topological polar surface area (TPSA) is 45.3 Å². The molecule has 0 aliphatic carbocycles. The van der Waals surface area contributed by atoms with Gasteiger partial charge in [-0.05, 0) is 37.3 Å². The molecule has 2 unspecified atom stereocenters. The van der Waals surface area contributed by atoms with Gasteiger partial charge in [-0.3, -0.25) is 4.79 Å². The Bertz CT molecular complexity index is 781. The molecule has 3 aliphatic rings. The van der Waals surface area contributed by atoms with Crippen LogP contribution in [0, 0.1) is 0 Å². The van der Waals surface area contributed by atoms with Crippen molar-refractivity contribution in [2.45, 2.75) is 50.2 Å². The molecule has 0 radical (unpaired) electrons. The second-order valence-corrected chi connectivity index (χ2v) is 7.20. The highest BCUT2D eigenvalue weighted by Gasteiger charge is 2.47. The van der Waals surface area contributed by atoms with Gasteiger partial charge < -0.3 is 14.6 Å². The van der Waals surface area contributed by atoms with E-state index in [4.69, 9.17) is 4.74 Å². The van der Waals surface area contributed by atoms with Gasteiger partial charge >= 0.3 is 0 Å². The number of H-pyrrole nitrogens is 1. The van der Waals surface area contributed by atoms with E-state index >= 15 is 0 Å². The van der Waals surface area contributed by atoms with Crippen molar-refractivity contribution >= 4 is 16.8 Å². The van der Waals surface area contributed by atoms with Crippen LogP contribution in [0.4, 0.5) is 0 Å². The minimum absolute atomic E-state index is 0.217. The van der Waals surface area contributed by atoms with Crippen LogP contribution in [0.25, 0.3) is 10.9 Å². The Morgan fingerprint density at radius 2 is 2.17 bits per heavy atom. The van der Waals surface area contributed by atoms with Gasteiger partial charge in [0.15, 0.2) is 0 Å². The normalized spacial score (nSPS) is 30.5. The minimum atomic E-state index is -0.217. The Kier molecular flexibility index (Phi) is 2.87. The molecule has 5 rings (SSSR count). The number of aromatic amines is 1. The molecule has 120 valence electrons. The molecule has 1 N–H and O–H groups in total. The molecule has 4 heteroatoms. The summed E-state index contributed by atoms with van der Waals surface area (Å²) in [5, 5.41) is 1.34. The molecular formula is C19H22N2O2. The van der Waals surface area contributed by atoms with Crippen LogP contribution in [0.5, 0.6) is 0 Å². The maximum Gasteiger partial charge on any atom is 0.222 e. The zero-order chi connectivity index (χ0) is 15.4. The second kappa shape index (κ2) is 4.84. The number of piperidine rings is 2. The van der Waals surface area contributed by atoms with E-state index < -0.39 is 0 Å². The first-order valence-corrected chi connectivity index (χ1v) is 8.80. The van der Waals surface area contributed by atoms with E-state index in [2.05, 4.69) is 34.1 Å². The third kappa shape index (κ3) is 1.91. The van der Waals surface area contributed by atoms with Crippen LogP contribution in [0.1, 0.15) is 43.4 Å². The molecule has 4 heterocycles. The number of fused-ring (bicyclic) bond motifs is 5. The fraction of sp³-hybridized carbons (Fsp3) is 0.526. The predicted octanol–water partition coefficient (Wildman–Crippen LogP) is 3.11. The largest absolute Gasteiger partial charge is 0.368 e. The van der Waals surface area contributed by atoms with E-state index in [0.29, 0.717) is 11.9 Å². The fourth-order valence-electron chi connectivity index (χ4n) is 4.92. The fourth-order valence-corrected chi connectivity index (χ4v) is 4.92. The standard InChI is InChI=1S/C19H22N2O2/c22-17-7-3-4-13-12-19(9-10-21(13)17)18-15(8-11-23-19)14-5-1-2-6-16(14)20-18/h1-2,5-6,13,20H,3-4,7-12H2. The summed E-state index contributed by atoms with van der Waals surface area (Å²) < 4.78 is 6.38. The molecule has 0 saturated carbocycles. The number of benzene rings is 1. The van der Waals surface area contributed by atoms with E-state index in [1.54, 1.807) is 0 Å². The van der Waals surface area contributed by atoms with E-state index in [9.17, 15) is 4.79 Å². The van der Waals surface area contributed by atoms with Gasteiger partial charge in [-0.25, -0.2) is 0 Å². The number of carbonyl (C=O) groups is 1. The number of ether oxygens (including phenoxy) is 1. The Labute approximate surface area is 135 Å². The molecule has 4 nitrogen and oxygen atoms in total. The van der Waals surface area contributed by atoms with Crippen LogP contribution >= 0.6 is 0 Å². The summed E-state index contributed by atoms with van der Waals surface area (Å²) in [6, 6.07) is 8.91. The summed E-state index contributed by atoms with van der Waals surface area (Å²) in [4.78, 5) is 17.9. The van der Waals surface area contributed by atoms with Crippen molar-refractivity contribution in [3.63, 3.8) is 0 Å². The maximum atomic E-state index is 12.2. The number of nitrogens with one attached hydrogen (secondary N) is 1. The van der Waals surface area contributed by atoms with E-state index in [-0.39, 0.29) is 5.60 Å². The smallest absolute Gasteiger partial charge is 0.222 e. The van der Waals surface area contributed by atoms with Crippen LogP contribution in [0.15, 0.2) is 24.3 Å². The van der Waals surface area contributed by atoms with Gasteiger partial charge in [0.25, 0.3) is 0 Å². The van der Waals surface area contributed by atoms with Gasteiger partial charge in [0.05, 0.1) is 12.3 Å². The zero-order valence-electron chi connectivity index (χ0n) is 13.3. The lowest BCUT2D eigenvalue weighted by molar-refractivity contribution is -0.153. The number of nitrogens with zero attached hydrogens (tertiary/aromatic N) is 1. The van der Waals surface area contributed by atoms with Crippen LogP contribution in [0.2, 0.25) is 0 Å². The first kappa shape index (κ1) is 13.6. The lowest BCUT2D eigenvalue weighted by Gasteiger charge is -2.49. The van der Waals surface area contributed by atoms with Gasteiger partial charge in [-0.1, -0.05) is 18.2 Å². The van der Waals surface area contributed by atoms with Crippen molar-refractivity contribution in [2.24, 2.45) is 0 Å². The number of carbonyl (C=O) groups excluding carboxylic acids is 1. The van der Waals surface area contributed by atoms with E-state index in [1.807, 2.05) is 0 Å². The number of hydrogen-bond acceptors (Lipinski definition) is 2. The summed E-state index contributed by atoms with van der Waals surface area (Å²) >= 11 is 0. The number of hydrogen-bond donors (Lipinski definition) is 1. The summed E-state index contributed by atoms with van der Waals surface area (Å²) in [5.41, 5.74) is 3.71. The van der Waals surface area contributed by atoms with Crippen LogP contribution < -0.4 is 0 Å². The molecule has 2 aromatic rings. The van der Waals surface area contributed by atoms with Crippen molar-refractivity contribution in [3.8, 4) is 0 Å². The Hall–Kier alpha value is -1.81. The molecule has 1 spiro atoms. The van der Waals surface area contributed by atoms with E-state index in [1.165, 1.54) is 22.2 Å². The highest BCUT2D eigenvalue weighted by Crippen LogP contribution is 2.46. The lowest BCUT2D eigenvalue weighted by Crippen LogP contribution is -2.55. The highest BCUT2D eigenvalue weighted by atomic mass is 16.5. The first-order chi connectivity index (χ1) is 11.3. The van der Waals surface area contributed by atoms with Crippen molar-refractivity contribution < 1.29 is 9.53 Å². The third-order valence-electron chi connectivity index (χ3n) is 6.01. The number of para-hydroxylation sites is 1. The molecule has 3 aliphatic heterocycles. The number of aromatic nitrogens is 1. The van der Waals surface area contributed by atoms with Crippen LogP contribution in [0.3, 0.4) is 0 Å². The minimum Gasteiger partial charge on any atom is -0.368 e. The molecule has 23 heavy (non-hydrogen) atoms. The van der Waals surface area contributed by atoms with Gasteiger partial charge in [0.2, 0.25) is 5.91 Å².